The fraction of sp³-hybridized carbons (Fsp3) is 0.545. The van der Waals surface area contributed by atoms with E-state index in [0.29, 0.717) is 0 Å². The fourth-order valence-electron chi connectivity index (χ4n) is 1.46. The molecule has 0 aromatic carbocycles. The second-order valence-corrected chi connectivity index (χ2v) is 4.83. The molecule has 1 N–H and O–H groups in total. The zero-order valence-corrected chi connectivity index (χ0v) is 10.0. The van der Waals surface area contributed by atoms with E-state index >= 15 is 0 Å². The number of thioether (sulfide) groups is 1. The average molecular weight is 241 g/mol. The summed E-state index contributed by atoms with van der Waals surface area (Å²) in [5.41, 5.74) is 0. The Kier molecular flexibility index (Phi) is 3.90. The van der Waals surface area contributed by atoms with Crippen LogP contribution in [0.1, 0.15) is 16.3 Å². The van der Waals surface area contributed by atoms with Crippen LogP contribution in [0.5, 0.6) is 0 Å². The van der Waals surface area contributed by atoms with E-state index in [-0.39, 0.29) is 5.76 Å². The number of furan rings is 1. The molecule has 1 saturated heterocycles. The molecular weight excluding hydrogens is 226 g/mol. The Morgan fingerprint density at radius 3 is 3.06 bits per heavy atom. The molecule has 1 fully saturated rings. The molecule has 0 atom stereocenters. The monoisotopic (exact) mass is 241 g/mol. The van der Waals surface area contributed by atoms with Crippen molar-refractivity contribution < 1.29 is 13.9 Å². The zero-order chi connectivity index (χ0) is 11.4. The molecule has 0 bridgehead atoms. The van der Waals surface area contributed by atoms with Gasteiger partial charge >= 0.3 is 5.97 Å². The van der Waals surface area contributed by atoms with E-state index in [0.717, 1.165) is 36.3 Å². The highest BCUT2D eigenvalue weighted by Gasteiger charge is 2.17. The van der Waals surface area contributed by atoms with Gasteiger partial charge in [0.25, 0.3) is 0 Å². The number of rotatable bonds is 5. The lowest BCUT2D eigenvalue weighted by atomic mass is 10.1. The summed E-state index contributed by atoms with van der Waals surface area (Å²) in [6, 6.07) is 3.49. The van der Waals surface area contributed by atoms with Gasteiger partial charge in [0.1, 0.15) is 5.76 Å². The molecule has 0 amide bonds. The topological polar surface area (TPSA) is 51.5 Å². The molecule has 16 heavy (non-hydrogen) atoms. The van der Waals surface area contributed by atoms with Gasteiger partial charge in [-0.05, 0) is 36.9 Å². The number of hydrogen-bond donors (Lipinski definition) is 1. The summed E-state index contributed by atoms with van der Waals surface area (Å²) in [6.45, 7) is 2.25. The van der Waals surface area contributed by atoms with Crippen LogP contribution in [0.25, 0.3) is 0 Å². The standard InChI is InChI=1S/C11H15NO3S/c1-14-11(13)10-3-2-9(15-10)7-16-6-8-4-12-5-8/h2-3,8,12H,4-7H2,1H3. The summed E-state index contributed by atoms with van der Waals surface area (Å²) in [4.78, 5) is 11.1. The van der Waals surface area contributed by atoms with Crippen molar-refractivity contribution in [1.82, 2.24) is 5.32 Å². The van der Waals surface area contributed by atoms with Gasteiger partial charge in [-0.15, -0.1) is 0 Å². The van der Waals surface area contributed by atoms with Crippen LogP contribution in [0, 0.1) is 5.92 Å². The SMILES string of the molecule is COC(=O)c1ccc(CSCC2CNC2)o1. The molecule has 5 heteroatoms. The van der Waals surface area contributed by atoms with Crippen molar-refractivity contribution in [2.75, 3.05) is 26.0 Å². The molecule has 0 radical (unpaired) electrons. The van der Waals surface area contributed by atoms with E-state index in [1.54, 1.807) is 6.07 Å². The lowest BCUT2D eigenvalue weighted by Crippen LogP contribution is -2.43. The predicted octanol–water partition coefficient (Wildman–Crippen LogP) is 1.52. The first-order valence-electron chi connectivity index (χ1n) is 5.25. The fourth-order valence-corrected chi connectivity index (χ4v) is 2.50. The number of esters is 1. The summed E-state index contributed by atoms with van der Waals surface area (Å²) >= 11 is 1.84. The van der Waals surface area contributed by atoms with E-state index < -0.39 is 5.97 Å². The maximum absolute atomic E-state index is 11.1. The van der Waals surface area contributed by atoms with Gasteiger partial charge < -0.3 is 14.5 Å². The Bertz CT molecular complexity index is 360. The van der Waals surface area contributed by atoms with Crippen molar-refractivity contribution >= 4 is 17.7 Å². The van der Waals surface area contributed by atoms with Crippen LogP contribution in [0.15, 0.2) is 16.5 Å². The van der Waals surface area contributed by atoms with Crippen molar-refractivity contribution in [3.8, 4) is 0 Å². The van der Waals surface area contributed by atoms with Gasteiger partial charge in [-0.2, -0.15) is 11.8 Å². The largest absolute Gasteiger partial charge is 0.463 e. The third kappa shape index (κ3) is 2.80. The molecule has 0 unspecified atom stereocenters. The predicted molar refractivity (Wildman–Crippen MR) is 62.6 cm³/mol. The molecule has 1 aromatic heterocycles. The molecule has 1 aliphatic heterocycles. The van der Waals surface area contributed by atoms with Crippen molar-refractivity contribution in [2.45, 2.75) is 5.75 Å². The zero-order valence-electron chi connectivity index (χ0n) is 9.19. The van der Waals surface area contributed by atoms with Gasteiger partial charge in [-0.1, -0.05) is 0 Å². The van der Waals surface area contributed by atoms with Crippen molar-refractivity contribution in [3.05, 3.63) is 23.7 Å². The van der Waals surface area contributed by atoms with Crippen LogP contribution >= 0.6 is 11.8 Å². The Morgan fingerprint density at radius 2 is 2.44 bits per heavy atom. The molecule has 1 aliphatic rings. The second-order valence-electron chi connectivity index (χ2n) is 3.80. The third-order valence-corrected chi connectivity index (χ3v) is 3.71. The highest BCUT2D eigenvalue weighted by molar-refractivity contribution is 7.98. The van der Waals surface area contributed by atoms with Crippen molar-refractivity contribution in [3.63, 3.8) is 0 Å². The average Bonchev–Trinajstić information content (AvgIpc) is 2.69. The van der Waals surface area contributed by atoms with Crippen LogP contribution in [-0.2, 0) is 10.5 Å². The van der Waals surface area contributed by atoms with E-state index in [9.17, 15) is 4.79 Å². The maximum Gasteiger partial charge on any atom is 0.373 e. The normalized spacial score (nSPS) is 15.8. The lowest BCUT2D eigenvalue weighted by molar-refractivity contribution is 0.0563. The van der Waals surface area contributed by atoms with Gasteiger partial charge in [-0.3, -0.25) is 0 Å². The summed E-state index contributed by atoms with van der Waals surface area (Å²) in [6.07, 6.45) is 0. The Hall–Kier alpha value is -0.940. The van der Waals surface area contributed by atoms with Crippen LogP contribution < -0.4 is 5.32 Å². The molecule has 88 valence electrons. The first-order valence-corrected chi connectivity index (χ1v) is 6.40. The summed E-state index contributed by atoms with van der Waals surface area (Å²) in [5.74, 6) is 3.44. The number of methoxy groups -OCH3 is 1. The number of carbonyl (C=O) groups is 1. The van der Waals surface area contributed by atoms with Crippen LogP contribution in [-0.4, -0.2) is 31.9 Å². The molecule has 0 saturated carbocycles. The minimum atomic E-state index is -0.417. The van der Waals surface area contributed by atoms with Gasteiger partial charge in [0, 0.05) is 0 Å². The maximum atomic E-state index is 11.1. The Labute approximate surface area is 98.7 Å². The summed E-state index contributed by atoms with van der Waals surface area (Å²) < 4.78 is 9.93. The van der Waals surface area contributed by atoms with Gasteiger partial charge in [0.2, 0.25) is 5.76 Å². The number of carbonyl (C=O) groups excluding carboxylic acids is 1. The molecule has 4 nitrogen and oxygen atoms in total. The lowest BCUT2D eigenvalue weighted by Gasteiger charge is -2.26. The molecule has 0 spiro atoms. The van der Waals surface area contributed by atoms with Crippen LogP contribution in [0.3, 0.4) is 0 Å². The molecule has 0 aliphatic carbocycles. The van der Waals surface area contributed by atoms with E-state index in [1.165, 1.54) is 7.11 Å². The highest BCUT2D eigenvalue weighted by atomic mass is 32.2. The number of ether oxygens (including phenoxy) is 1. The molecule has 2 rings (SSSR count). The van der Waals surface area contributed by atoms with E-state index in [1.807, 2.05) is 17.8 Å². The Balaban J connectivity index is 1.76. The van der Waals surface area contributed by atoms with Crippen molar-refractivity contribution in [1.29, 1.82) is 0 Å². The van der Waals surface area contributed by atoms with E-state index in [2.05, 4.69) is 10.1 Å². The number of hydrogen-bond acceptors (Lipinski definition) is 5. The molecule has 1 aromatic rings. The Morgan fingerprint density at radius 1 is 1.62 bits per heavy atom. The molecule has 2 heterocycles. The quantitative estimate of drug-likeness (QED) is 0.792. The first kappa shape index (κ1) is 11.5. The minimum absolute atomic E-state index is 0.281. The van der Waals surface area contributed by atoms with Crippen LogP contribution in [0.2, 0.25) is 0 Å². The smallest absolute Gasteiger partial charge is 0.373 e. The van der Waals surface area contributed by atoms with Gasteiger partial charge in [0.15, 0.2) is 0 Å². The first-order chi connectivity index (χ1) is 7.79. The highest BCUT2D eigenvalue weighted by Crippen LogP contribution is 2.19. The minimum Gasteiger partial charge on any atom is -0.463 e. The third-order valence-electron chi connectivity index (χ3n) is 2.51. The molecular formula is C11H15NO3S. The van der Waals surface area contributed by atoms with Crippen LogP contribution in [0.4, 0.5) is 0 Å². The van der Waals surface area contributed by atoms with Crippen molar-refractivity contribution in [2.24, 2.45) is 5.92 Å². The van der Waals surface area contributed by atoms with Gasteiger partial charge in [-0.25, -0.2) is 4.79 Å². The number of nitrogens with one attached hydrogen (secondary N) is 1. The van der Waals surface area contributed by atoms with E-state index in [4.69, 9.17) is 4.42 Å². The summed E-state index contributed by atoms with van der Waals surface area (Å²) in [5, 5.41) is 3.24. The summed E-state index contributed by atoms with van der Waals surface area (Å²) in [7, 11) is 1.35. The van der Waals surface area contributed by atoms with Gasteiger partial charge in [0.05, 0.1) is 12.9 Å². The second kappa shape index (κ2) is 5.41.